The topological polar surface area (TPSA) is 44.3 Å². The quantitative estimate of drug-likeness (QED) is 0.515. The summed E-state index contributed by atoms with van der Waals surface area (Å²) in [5.74, 6) is 0.0772. The third-order valence-electron chi connectivity index (χ3n) is 6.17. The molecule has 0 bridgehead atoms. The molecule has 1 N–H and O–H groups in total. The standard InChI is InChI=1S/C24H25F6N5/c1-14(17-4-3-5-18(20(17)25)21(26)27)33-22-19-10-16(11-34(2)23(19)32-13-31-22)15-6-8-35(9-7-15)12-24(28,29)30/h3-6,10,13-14,21H,7-9,11-12H2,1-2H3,(H,31,32,33)/t14-/m1/s1. The Balaban J connectivity index is 1.60. The summed E-state index contributed by atoms with van der Waals surface area (Å²) in [5.41, 5.74) is 1.96. The molecular formula is C24H25F6N5. The average molecular weight is 497 g/mol. The van der Waals surface area contributed by atoms with Crippen LogP contribution in [0.5, 0.6) is 0 Å². The Labute approximate surface area is 199 Å². The van der Waals surface area contributed by atoms with Gasteiger partial charge in [0.05, 0.1) is 23.7 Å². The van der Waals surface area contributed by atoms with Crippen molar-refractivity contribution in [3.05, 3.63) is 64.3 Å². The lowest BCUT2D eigenvalue weighted by molar-refractivity contribution is -0.145. The fourth-order valence-corrected chi connectivity index (χ4v) is 4.44. The third-order valence-corrected chi connectivity index (χ3v) is 6.17. The molecule has 0 fully saturated rings. The Bertz CT molecular complexity index is 1140. The Morgan fingerprint density at radius 1 is 1.11 bits per heavy atom. The van der Waals surface area contributed by atoms with Crippen LogP contribution >= 0.6 is 0 Å². The highest BCUT2D eigenvalue weighted by Crippen LogP contribution is 2.36. The number of hydrogen-bond donors (Lipinski definition) is 1. The average Bonchev–Trinajstić information content (AvgIpc) is 2.79. The Morgan fingerprint density at radius 3 is 2.51 bits per heavy atom. The van der Waals surface area contributed by atoms with E-state index in [0.717, 1.165) is 17.2 Å². The monoisotopic (exact) mass is 497 g/mol. The number of likely N-dealkylation sites (N-methyl/N-ethyl adjacent to an activating group) is 1. The fourth-order valence-electron chi connectivity index (χ4n) is 4.44. The number of anilines is 2. The Morgan fingerprint density at radius 2 is 1.86 bits per heavy atom. The van der Waals surface area contributed by atoms with Gasteiger partial charge in [0.25, 0.3) is 6.43 Å². The molecule has 4 rings (SSSR count). The molecule has 0 unspecified atom stereocenters. The van der Waals surface area contributed by atoms with Gasteiger partial charge in [0, 0.05) is 32.2 Å². The van der Waals surface area contributed by atoms with Gasteiger partial charge in [0.1, 0.15) is 23.8 Å². The smallest absolute Gasteiger partial charge is 0.363 e. The number of hydrogen-bond acceptors (Lipinski definition) is 5. The summed E-state index contributed by atoms with van der Waals surface area (Å²) in [7, 11) is 1.84. The van der Waals surface area contributed by atoms with Crippen LogP contribution in [0, 0.1) is 5.82 Å². The summed E-state index contributed by atoms with van der Waals surface area (Å²) < 4.78 is 79.0. The van der Waals surface area contributed by atoms with Crippen molar-refractivity contribution in [1.82, 2.24) is 14.9 Å². The van der Waals surface area contributed by atoms with Crippen LogP contribution in [0.15, 0.2) is 41.7 Å². The lowest BCUT2D eigenvalue weighted by Crippen LogP contribution is -2.37. The van der Waals surface area contributed by atoms with Gasteiger partial charge in [-0.1, -0.05) is 24.3 Å². The number of benzene rings is 1. The molecule has 0 saturated carbocycles. The van der Waals surface area contributed by atoms with E-state index in [1.165, 1.54) is 23.4 Å². The van der Waals surface area contributed by atoms with Crippen molar-refractivity contribution in [2.24, 2.45) is 0 Å². The van der Waals surface area contributed by atoms with E-state index >= 15 is 0 Å². The molecule has 3 heterocycles. The lowest BCUT2D eigenvalue weighted by Gasteiger charge is -2.32. The molecule has 0 saturated heterocycles. The van der Waals surface area contributed by atoms with E-state index < -0.39 is 36.6 Å². The van der Waals surface area contributed by atoms with Gasteiger partial charge in [0.15, 0.2) is 0 Å². The van der Waals surface area contributed by atoms with Gasteiger partial charge in [-0.2, -0.15) is 13.2 Å². The maximum absolute atomic E-state index is 14.7. The van der Waals surface area contributed by atoms with Crippen LogP contribution in [0.4, 0.5) is 38.0 Å². The molecule has 11 heteroatoms. The number of rotatable bonds is 6. The number of nitrogens with one attached hydrogen (secondary N) is 1. The van der Waals surface area contributed by atoms with Gasteiger partial charge in [-0.3, -0.25) is 4.90 Å². The van der Waals surface area contributed by atoms with Gasteiger partial charge in [0.2, 0.25) is 0 Å². The van der Waals surface area contributed by atoms with E-state index in [0.29, 0.717) is 36.7 Å². The Kier molecular flexibility index (Phi) is 7.07. The van der Waals surface area contributed by atoms with Crippen LogP contribution in [-0.4, -0.2) is 54.3 Å². The normalized spacial score (nSPS) is 17.7. The molecule has 5 nitrogen and oxygen atoms in total. The number of alkyl halides is 5. The van der Waals surface area contributed by atoms with E-state index in [2.05, 4.69) is 15.3 Å². The van der Waals surface area contributed by atoms with E-state index in [4.69, 9.17) is 0 Å². The summed E-state index contributed by atoms with van der Waals surface area (Å²) >= 11 is 0. The molecule has 1 aromatic carbocycles. The molecule has 1 aromatic heterocycles. The van der Waals surface area contributed by atoms with E-state index in [-0.39, 0.29) is 12.1 Å². The highest BCUT2D eigenvalue weighted by Gasteiger charge is 2.32. The minimum atomic E-state index is -4.24. The number of nitrogens with zero attached hydrogens (tertiary/aromatic N) is 4. The van der Waals surface area contributed by atoms with Crippen molar-refractivity contribution in [2.45, 2.75) is 32.0 Å². The van der Waals surface area contributed by atoms with Crippen LogP contribution in [0.1, 0.15) is 42.5 Å². The maximum atomic E-state index is 14.7. The van der Waals surface area contributed by atoms with Crippen LogP contribution in [-0.2, 0) is 0 Å². The highest BCUT2D eigenvalue weighted by molar-refractivity contribution is 5.80. The summed E-state index contributed by atoms with van der Waals surface area (Å²) in [5, 5.41) is 3.11. The zero-order valence-corrected chi connectivity index (χ0v) is 19.2. The minimum Gasteiger partial charge on any atom is -0.363 e. The van der Waals surface area contributed by atoms with Gasteiger partial charge >= 0.3 is 6.18 Å². The van der Waals surface area contributed by atoms with Crippen molar-refractivity contribution < 1.29 is 26.3 Å². The molecular weight excluding hydrogens is 472 g/mol. The second-order valence-electron chi connectivity index (χ2n) is 8.73. The van der Waals surface area contributed by atoms with Crippen LogP contribution in [0.25, 0.3) is 6.08 Å². The molecule has 0 amide bonds. The van der Waals surface area contributed by atoms with Crippen molar-refractivity contribution in [2.75, 3.05) is 43.4 Å². The lowest BCUT2D eigenvalue weighted by atomic mass is 9.94. The fraction of sp³-hybridized carbons (Fsp3) is 0.417. The zero-order valence-electron chi connectivity index (χ0n) is 19.2. The van der Waals surface area contributed by atoms with Crippen molar-refractivity contribution in [3.8, 4) is 0 Å². The summed E-state index contributed by atoms with van der Waals surface area (Å²) in [4.78, 5) is 11.9. The van der Waals surface area contributed by atoms with Gasteiger partial charge in [-0.25, -0.2) is 23.1 Å². The molecule has 2 aliphatic rings. The SMILES string of the molecule is C[C@@H](Nc1ncnc2c1C=C(C1=CCN(CC(F)(F)F)CC1)CN2C)c1cccc(C(F)F)c1F. The first-order valence-electron chi connectivity index (χ1n) is 11.1. The largest absolute Gasteiger partial charge is 0.401 e. The maximum Gasteiger partial charge on any atom is 0.401 e. The van der Waals surface area contributed by atoms with Gasteiger partial charge in [-0.05, 0) is 30.6 Å². The first-order chi connectivity index (χ1) is 16.5. The van der Waals surface area contributed by atoms with Crippen molar-refractivity contribution >= 4 is 17.7 Å². The van der Waals surface area contributed by atoms with Crippen LogP contribution < -0.4 is 10.2 Å². The minimum absolute atomic E-state index is 0.0864. The molecule has 35 heavy (non-hydrogen) atoms. The van der Waals surface area contributed by atoms with E-state index in [1.807, 2.05) is 24.1 Å². The molecule has 0 radical (unpaired) electrons. The molecule has 2 aromatic rings. The van der Waals surface area contributed by atoms with E-state index in [9.17, 15) is 26.3 Å². The number of fused-ring (bicyclic) bond motifs is 1. The Hall–Kier alpha value is -3.08. The first-order valence-corrected chi connectivity index (χ1v) is 11.1. The first kappa shape index (κ1) is 25.0. The molecule has 2 aliphatic heterocycles. The van der Waals surface area contributed by atoms with Crippen molar-refractivity contribution in [3.63, 3.8) is 0 Å². The van der Waals surface area contributed by atoms with Gasteiger partial charge < -0.3 is 10.2 Å². The third kappa shape index (κ3) is 5.61. The second kappa shape index (κ2) is 9.88. The predicted octanol–water partition coefficient (Wildman–Crippen LogP) is 5.75. The number of halogens is 6. The van der Waals surface area contributed by atoms with Crippen molar-refractivity contribution in [1.29, 1.82) is 0 Å². The highest BCUT2D eigenvalue weighted by atomic mass is 19.4. The van der Waals surface area contributed by atoms with E-state index in [1.54, 1.807) is 6.92 Å². The van der Waals surface area contributed by atoms with Crippen LogP contribution in [0.3, 0.4) is 0 Å². The summed E-state index contributed by atoms with van der Waals surface area (Å²) in [6, 6.07) is 3.22. The second-order valence-corrected chi connectivity index (χ2v) is 8.73. The number of aromatic nitrogens is 2. The molecule has 1 atom stereocenters. The molecule has 188 valence electrons. The molecule has 0 aliphatic carbocycles. The summed E-state index contributed by atoms with van der Waals surface area (Å²) in [6.45, 7) is 1.73. The predicted molar refractivity (Wildman–Crippen MR) is 122 cm³/mol. The van der Waals surface area contributed by atoms with Crippen LogP contribution in [0.2, 0.25) is 0 Å². The zero-order chi connectivity index (χ0) is 25.3. The van der Waals surface area contributed by atoms with Gasteiger partial charge in [-0.15, -0.1) is 0 Å². The summed E-state index contributed by atoms with van der Waals surface area (Å²) in [6.07, 6.45) is -1.62. The molecule has 0 spiro atoms.